The van der Waals surface area contributed by atoms with Gasteiger partial charge in [0.15, 0.2) is 5.58 Å². The number of oxazole rings is 1. The first-order valence-corrected chi connectivity index (χ1v) is 9.37. The highest BCUT2D eigenvalue weighted by molar-refractivity contribution is 9.10. The fraction of sp³-hybridized carbons (Fsp3) is 0.0476. The van der Waals surface area contributed by atoms with Crippen molar-refractivity contribution in [3.8, 4) is 17.2 Å². The van der Waals surface area contributed by atoms with Crippen LogP contribution in [0.1, 0.15) is 11.1 Å². The molecule has 1 N–H and O–H groups in total. The third-order valence-electron chi connectivity index (χ3n) is 4.15. The molecule has 134 valence electrons. The number of hydrogen-bond donors (Lipinski definition) is 1. The number of halogens is 2. The summed E-state index contributed by atoms with van der Waals surface area (Å²) in [6, 6.07) is 16.9. The van der Waals surface area contributed by atoms with E-state index in [-0.39, 0.29) is 10.8 Å². The van der Waals surface area contributed by atoms with Gasteiger partial charge in [-0.05, 0) is 48.9 Å². The van der Waals surface area contributed by atoms with Crippen molar-refractivity contribution in [1.82, 2.24) is 4.98 Å². The number of para-hydroxylation sites is 2. The maximum absolute atomic E-state index is 10.1. The minimum atomic E-state index is -0.00336. The molecule has 1 heterocycles. The van der Waals surface area contributed by atoms with Crippen LogP contribution in [0.3, 0.4) is 0 Å². The van der Waals surface area contributed by atoms with Crippen LogP contribution in [0.15, 0.2) is 68.5 Å². The van der Waals surface area contributed by atoms with Gasteiger partial charge in [-0.15, -0.1) is 0 Å². The topological polar surface area (TPSA) is 58.6 Å². The Labute approximate surface area is 169 Å². The van der Waals surface area contributed by atoms with Crippen molar-refractivity contribution < 1.29 is 9.52 Å². The summed E-state index contributed by atoms with van der Waals surface area (Å²) in [5.74, 6) is 0.539. The van der Waals surface area contributed by atoms with Crippen LogP contribution in [0.25, 0.3) is 22.6 Å². The summed E-state index contributed by atoms with van der Waals surface area (Å²) in [5.41, 5.74) is 4.66. The second kappa shape index (κ2) is 7.18. The highest BCUT2D eigenvalue weighted by Gasteiger charge is 2.10. The number of benzene rings is 3. The van der Waals surface area contributed by atoms with Crippen molar-refractivity contribution >= 4 is 50.5 Å². The van der Waals surface area contributed by atoms with Gasteiger partial charge in [-0.3, -0.25) is 4.99 Å². The van der Waals surface area contributed by atoms with Crippen LogP contribution in [-0.2, 0) is 0 Å². The lowest BCUT2D eigenvalue weighted by Gasteiger charge is -2.05. The van der Waals surface area contributed by atoms with Gasteiger partial charge in [0.1, 0.15) is 11.3 Å². The van der Waals surface area contributed by atoms with Crippen LogP contribution in [0.5, 0.6) is 5.75 Å². The summed E-state index contributed by atoms with van der Waals surface area (Å²) in [7, 11) is 0. The van der Waals surface area contributed by atoms with Crippen molar-refractivity contribution in [3.63, 3.8) is 0 Å². The molecule has 0 unspecified atom stereocenters. The van der Waals surface area contributed by atoms with Crippen LogP contribution in [0.4, 0.5) is 5.69 Å². The standard InChI is InChI=1S/C21H14BrClN2O2/c1-12-6-7-13(21-25-17-4-2-3-5-19(17)27-21)9-18(12)24-11-14-8-15(22)10-16(23)20(14)26/h2-11,26H,1H3. The average molecular weight is 442 g/mol. The Balaban J connectivity index is 1.73. The van der Waals surface area contributed by atoms with Crippen LogP contribution in [-0.4, -0.2) is 16.3 Å². The lowest BCUT2D eigenvalue weighted by atomic mass is 10.1. The van der Waals surface area contributed by atoms with Crippen LogP contribution < -0.4 is 0 Å². The van der Waals surface area contributed by atoms with Gasteiger partial charge >= 0.3 is 0 Å². The molecule has 0 aliphatic rings. The van der Waals surface area contributed by atoms with Crippen LogP contribution >= 0.6 is 27.5 Å². The van der Waals surface area contributed by atoms with E-state index < -0.39 is 0 Å². The van der Waals surface area contributed by atoms with Gasteiger partial charge in [-0.2, -0.15) is 0 Å². The predicted octanol–water partition coefficient (Wildman–Crippen LogP) is 6.68. The van der Waals surface area contributed by atoms with Gasteiger partial charge in [0.2, 0.25) is 5.89 Å². The number of aryl methyl sites for hydroxylation is 1. The van der Waals surface area contributed by atoms with Gasteiger partial charge in [-0.1, -0.05) is 45.7 Å². The molecule has 27 heavy (non-hydrogen) atoms. The SMILES string of the molecule is Cc1ccc(-c2nc3ccccc3o2)cc1N=Cc1cc(Br)cc(Cl)c1O. The van der Waals surface area contributed by atoms with E-state index in [1.165, 1.54) is 0 Å². The highest BCUT2D eigenvalue weighted by Crippen LogP contribution is 2.32. The second-order valence-electron chi connectivity index (χ2n) is 6.07. The minimum Gasteiger partial charge on any atom is -0.506 e. The number of aromatic nitrogens is 1. The van der Waals surface area contributed by atoms with Gasteiger partial charge in [-0.25, -0.2) is 4.98 Å². The Hall–Kier alpha value is -2.63. The number of rotatable bonds is 3. The minimum absolute atomic E-state index is 0.00336. The molecule has 4 nitrogen and oxygen atoms in total. The monoisotopic (exact) mass is 440 g/mol. The summed E-state index contributed by atoms with van der Waals surface area (Å²) in [4.78, 5) is 9.05. The van der Waals surface area contributed by atoms with E-state index in [2.05, 4.69) is 25.9 Å². The molecule has 1 aromatic heterocycles. The summed E-state index contributed by atoms with van der Waals surface area (Å²) in [6.07, 6.45) is 1.59. The fourth-order valence-electron chi connectivity index (χ4n) is 2.70. The lowest BCUT2D eigenvalue weighted by Crippen LogP contribution is -1.85. The Morgan fingerprint density at radius 2 is 1.96 bits per heavy atom. The molecule has 0 amide bonds. The quantitative estimate of drug-likeness (QED) is 0.361. The van der Waals surface area contributed by atoms with E-state index in [9.17, 15) is 5.11 Å². The molecule has 0 atom stereocenters. The number of aliphatic imine (C=N–C) groups is 1. The maximum Gasteiger partial charge on any atom is 0.227 e. The molecule has 0 aliphatic carbocycles. The smallest absolute Gasteiger partial charge is 0.227 e. The maximum atomic E-state index is 10.1. The van der Waals surface area contributed by atoms with Gasteiger partial charge < -0.3 is 9.52 Å². The summed E-state index contributed by atoms with van der Waals surface area (Å²) in [5, 5.41) is 10.4. The zero-order valence-electron chi connectivity index (χ0n) is 14.3. The summed E-state index contributed by atoms with van der Waals surface area (Å²) < 4.78 is 6.60. The Kier molecular flexibility index (Phi) is 4.72. The van der Waals surface area contributed by atoms with E-state index in [4.69, 9.17) is 16.0 Å². The van der Waals surface area contributed by atoms with Gasteiger partial charge in [0.05, 0.1) is 10.7 Å². The lowest BCUT2D eigenvalue weighted by molar-refractivity contribution is 0.474. The predicted molar refractivity (Wildman–Crippen MR) is 112 cm³/mol. The number of fused-ring (bicyclic) bond motifs is 1. The molecule has 6 heteroatoms. The molecule has 0 radical (unpaired) electrons. The van der Waals surface area contributed by atoms with Crippen LogP contribution in [0, 0.1) is 6.92 Å². The average Bonchev–Trinajstić information content (AvgIpc) is 3.08. The van der Waals surface area contributed by atoms with E-state index in [1.807, 2.05) is 49.4 Å². The van der Waals surface area contributed by atoms with Gasteiger partial charge in [0, 0.05) is 21.8 Å². The molecule has 3 aromatic carbocycles. The second-order valence-corrected chi connectivity index (χ2v) is 7.39. The molecule has 4 rings (SSSR count). The first-order chi connectivity index (χ1) is 13.0. The molecular weight excluding hydrogens is 428 g/mol. The fourth-order valence-corrected chi connectivity index (χ4v) is 3.53. The third-order valence-corrected chi connectivity index (χ3v) is 4.90. The Bertz CT molecular complexity index is 1150. The van der Waals surface area contributed by atoms with E-state index in [0.29, 0.717) is 11.5 Å². The zero-order valence-corrected chi connectivity index (χ0v) is 16.6. The number of hydrogen-bond acceptors (Lipinski definition) is 4. The van der Waals surface area contributed by atoms with Crippen molar-refractivity contribution in [1.29, 1.82) is 0 Å². The van der Waals surface area contributed by atoms with Crippen LogP contribution in [0.2, 0.25) is 5.02 Å². The molecule has 0 saturated carbocycles. The molecule has 4 aromatic rings. The number of phenolic OH excluding ortho intramolecular Hbond substituents is 1. The Morgan fingerprint density at radius 1 is 1.15 bits per heavy atom. The Morgan fingerprint density at radius 3 is 2.78 bits per heavy atom. The van der Waals surface area contributed by atoms with Gasteiger partial charge in [0.25, 0.3) is 0 Å². The molecule has 0 spiro atoms. The summed E-state index contributed by atoms with van der Waals surface area (Å²) in [6.45, 7) is 1.97. The third kappa shape index (κ3) is 3.61. The van der Waals surface area contributed by atoms with Crippen molar-refractivity contribution in [2.24, 2.45) is 4.99 Å². The van der Waals surface area contributed by atoms with E-state index in [1.54, 1.807) is 18.3 Å². The van der Waals surface area contributed by atoms with Crippen molar-refractivity contribution in [2.45, 2.75) is 6.92 Å². The summed E-state index contributed by atoms with van der Waals surface area (Å²) >= 11 is 9.38. The molecule has 0 fully saturated rings. The first kappa shape index (κ1) is 17.8. The van der Waals surface area contributed by atoms with Crippen molar-refractivity contribution in [2.75, 3.05) is 0 Å². The molecule has 0 bridgehead atoms. The van der Waals surface area contributed by atoms with Crippen molar-refractivity contribution in [3.05, 3.63) is 75.2 Å². The molecular formula is C21H14BrClN2O2. The molecule has 0 saturated heterocycles. The van der Waals surface area contributed by atoms with E-state index >= 15 is 0 Å². The largest absolute Gasteiger partial charge is 0.506 e. The number of phenols is 1. The highest BCUT2D eigenvalue weighted by atomic mass is 79.9. The van der Waals surface area contributed by atoms with E-state index in [0.717, 1.165) is 32.4 Å². The first-order valence-electron chi connectivity index (χ1n) is 8.20. The zero-order chi connectivity index (χ0) is 19.0. The molecule has 0 aliphatic heterocycles. The number of nitrogens with zero attached hydrogens (tertiary/aromatic N) is 2. The normalized spacial score (nSPS) is 11.5. The number of aromatic hydroxyl groups is 1.